The van der Waals surface area contributed by atoms with Crippen LogP contribution in [-0.2, 0) is 4.74 Å². The number of likely N-dealkylation sites (N-methyl/N-ethyl adjacent to an activating group) is 1. The molecule has 5 heteroatoms. The minimum Gasteiger partial charge on any atom is -0.382 e. The van der Waals surface area contributed by atoms with Crippen LogP contribution >= 0.6 is 0 Å². The van der Waals surface area contributed by atoms with Gasteiger partial charge in [-0.15, -0.1) is 0 Å². The molecular formula is C19H40N4O. The molecule has 0 heterocycles. The average Bonchev–Trinajstić information content (AvgIpc) is 2.99. The summed E-state index contributed by atoms with van der Waals surface area (Å²) in [5, 5.41) is 7.00. The lowest BCUT2D eigenvalue weighted by Gasteiger charge is -2.32. The van der Waals surface area contributed by atoms with Gasteiger partial charge < -0.3 is 20.3 Å². The Morgan fingerprint density at radius 2 is 1.83 bits per heavy atom. The molecule has 0 amide bonds. The third-order valence-electron chi connectivity index (χ3n) is 5.45. The summed E-state index contributed by atoms with van der Waals surface area (Å²) in [4.78, 5) is 7.04. The molecule has 24 heavy (non-hydrogen) atoms. The Morgan fingerprint density at radius 3 is 2.38 bits per heavy atom. The van der Waals surface area contributed by atoms with Gasteiger partial charge in [0.1, 0.15) is 0 Å². The van der Waals surface area contributed by atoms with Crippen molar-refractivity contribution in [1.82, 2.24) is 15.5 Å². The molecule has 0 aromatic carbocycles. The minimum absolute atomic E-state index is 0.0579. The maximum atomic E-state index is 5.61. The van der Waals surface area contributed by atoms with E-state index in [1.807, 2.05) is 0 Å². The molecule has 1 aliphatic rings. The first-order valence-corrected chi connectivity index (χ1v) is 9.62. The Morgan fingerprint density at radius 1 is 1.17 bits per heavy atom. The van der Waals surface area contributed by atoms with Crippen LogP contribution in [-0.4, -0.2) is 63.3 Å². The summed E-state index contributed by atoms with van der Waals surface area (Å²) in [6, 6.07) is 0. The van der Waals surface area contributed by atoms with Gasteiger partial charge in [-0.05, 0) is 66.5 Å². The Labute approximate surface area is 149 Å². The molecule has 1 rings (SSSR count). The van der Waals surface area contributed by atoms with Gasteiger partial charge in [-0.2, -0.15) is 0 Å². The highest BCUT2D eigenvalue weighted by atomic mass is 16.5. The lowest BCUT2D eigenvalue weighted by molar-refractivity contribution is 0.105. The van der Waals surface area contributed by atoms with Crippen molar-refractivity contribution < 1.29 is 4.74 Å². The number of guanidine groups is 1. The molecule has 1 saturated carbocycles. The highest BCUT2D eigenvalue weighted by molar-refractivity contribution is 5.79. The van der Waals surface area contributed by atoms with Gasteiger partial charge >= 0.3 is 0 Å². The van der Waals surface area contributed by atoms with Crippen LogP contribution < -0.4 is 10.6 Å². The summed E-state index contributed by atoms with van der Waals surface area (Å²) >= 11 is 0. The number of rotatable bonds is 10. The maximum absolute atomic E-state index is 5.61. The molecule has 0 radical (unpaired) electrons. The van der Waals surface area contributed by atoms with Gasteiger partial charge in [0.2, 0.25) is 0 Å². The Hall–Kier alpha value is -0.810. The van der Waals surface area contributed by atoms with Crippen molar-refractivity contribution in [3.05, 3.63) is 0 Å². The number of aliphatic imine (C=N–C) groups is 1. The summed E-state index contributed by atoms with van der Waals surface area (Å²) in [6.07, 6.45) is 6.44. The predicted molar refractivity (Wildman–Crippen MR) is 104 cm³/mol. The molecule has 2 N–H and O–H groups in total. The molecule has 0 spiro atoms. The molecule has 0 saturated heterocycles. The molecule has 0 aromatic heterocycles. The lowest BCUT2D eigenvalue weighted by Crippen LogP contribution is -2.46. The van der Waals surface area contributed by atoms with Crippen molar-refractivity contribution in [2.45, 2.75) is 65.3 Å². The summed E-state index contributed by atoms with van der Waals surface area (Å²) in [7, 11) is 4.22. The van der Waals surface area contributed by atoms with Crippen LogP contribution in [0.15, 0.2) is 4.99 Å². The van der Waals surface area contributed by atoms with Crippen LogP contribution in [0.4, 0.5) is 0 Å². The van der Waals surface area contributed by atoms with Crippen molar-refractivity contribution in [2.75, 3.05) is 46.9 Å². The maximum Gasteiger partial charge on any atom is 0.191 e. The van der Waals surface area contributed by atoms with E-state index in [0.717, 1.165) is 45.2 Å². The zero-order chi connectivity index (χ0) is 18.1. The van der Waals surface area contributed by atoms with Crippen LogP contribution in [0.3, 0.4) is 0 Å². The SMILES string of the molecule is CCNC(=NCC(C)(C)N(C)C)NCC1(CCOCC)CCCC1. The Kier molecular flexibility index (Phi) is 9.06. The zero-order valence-electron chi connectivity index (χ0n) is 16.9. The van der Waals surface area contributed by atoms with Gasteiger partial charge in [-0.1, -0.05) is 12.8 Å². The van der Waals surface area contributed by atoms with E-state index in [-0.39, 0.29) is 5.54 Å². The first-order chi connectivity index (χ1) is 11.4. The van der Waals surface area contributed by atoms with E-state index in [2.05, 4.69) is 57.3 Å². The smallest absolute Gasteiger partial charge is 0.191 e. The predicted octanol–water partition coefficient (Wildman–Crippen LogP) is 2.87. The van der Waals surface area contributed by atoms with Gasteiger partial charge in [-0.25, -0.2) is 0 Å². The minimum atomic E-state index is 0.0579. The van der Waals surface area contributed by atoms with Crippen LogP contribution in [0.5, 0.6) is 0 Å². The van der Waals surface area contributed by atoms with Gasteiger partial charge in [-0.3, -0.25) is 4.99 Å². The van der Waals surface area contributed by atoms with Gasteiger partial charge in [0, 0.05) is 31.8 Å². The molecule has 142 valence electrons. The van der Waals surface area contributed by atoms with Crippen molar-refractivity contribution in [3.63, 3.8) is 0 Å². The van der Waals surface area contributed by atoms with Crippen molar-refractivity contribution >= 4 is 5.96 Å². The third kappa shape index (κ3) is 6.98. The fourth-order valence-corrected chi connectivity index (χ4v) is 3.10. The van der Waals surface area contributed by atoms with E-state index in [1.165, 1.54) is 25.7 Å². The average molecular weight is 341 g/mol. The number of hydrogen-bond acceptors (Lipinski definition) is 3. The Balaban J connectivity index is 2.62. The van der Waals surface area contributed by atoms with Gasteiger partial charge in [0.05, 0.1) is 6.54 Å². The molecule has 0 atom stereocenters. The molecule has 0 aliphatic heterocycles. The van der Waals surface area contributed by atoms with E-state index in [9.17, 15) is 0 Å². The van der Waals surface area contributed by atoms with Crippen LogP contribution in [0.1, 0.15) is 59.8 Å². The van der Waals surface area contributed by atoms with E-state index in [4.69, 9.17) is 9.73 Å². The number of nitrogens with zero attached hydrogens (tertiary/aromatic N) is 2. The van der Waals surface area contributed by atoms with Gasteiger partial charge in [0.15, 0.2) is 5.96 Å². The highest BCUT2D eigenvalue weighted by Gasteiger charge is 2.33. The number of hydrogen-bond donors (Lipinski definition) is 2. The standard InChI is InChI=1S/C19H40N4O/c1-7-20-17(21-15-18(3,4)23(5)6)22-16-19(11-9-10-12-19)13-14-24-8-2/h7-16H2,1-6H3,(H2,20,21,22). The molecule has 5 nitrogen and oxygen atoms in total. The molecule has 1 aliphatic carbocycles. The summed E-state index contributed by atoms with van der Waals surface area (Å²) in [6.45, 7) is 13.0. The fourth-order valence-electron chi connectivity index (χ4n) is 3.10. The molecule has 0 aromatic rings. The fraction of sp³-hybridized carbons (Fsp3) is 0.947. The molecule has 0 bridgehead atoms. The highest BCUT2D eigenvalue weighted by Crippen LogP contribution is 2.40. The van der Waals surface area contributed by atoms with E-state index >= 15 is 0 Å². The van der Waals surface area contributed by atoms with Crippen molar-refractivity contribution in [2.24, 2.45) is 10.4 Å². The van der Waals surface area contributed by atoms with Crippen molar-refractivity contribution in [3.8, 4) is 0 Å². The quantitative estimate of drug-likeness (QED) is 0.365. The van der Waals surface area contributed by atoms with E-state index in [0.29, 0.717) is 5.41 Å². The monoisotopic (exact) mass is 340 g/mol. The number of ether oxygens (including phenoxy) is 1. The van der Waals surface area contributed by atoms with E-state index < -0.39 is 0 Å². The Bertz CT molecular complexity index is 374. The van der Waals surface area contributed by atoms with Gasteiger partial charge in [0.25, 0.3) is 0 Å². The first-order valence-electron chi connectivity index (χ1n) is 9.62. The van der Waals surface area contributed by atoms with Crippen LogP contribution in [0.25, 0.3) is 0 Å². The second-order valence-corrected chi connectivity index (χ2v) is 7.91. The van der Waals surface area contributed by atoms with E-state index in [1.54, 1.807) is 0 Å². The van der Waals surface area contributed by atoms with Crippen LogP contribution in [0, 0.1) is 5.41 Å². The molecule has 0 unspecified atom stereocenters. The lowest BCUT2D eigenvalue weighted by atomic mass is 9.83. The normalized spacial score (nSPS) is 18.2. The largest absolute Gasteiger partial charge is 0.382 e. The van der Waals surface area contributed by atoms with Crippen molar-refractivity contribution in [1.29, 1.82) is 0 Å². The third-order valence-corrected chi connectivity index (χ3v) is 5.45. The second-order valence-electron chi connectivity index (χ2n) is 7.91. The summed E-state index contributed by atoms with van der Waals surface area (Å²) in [5.74, 6) is 0.940. The topological polar surface area (TPSA) is 48.9 Å². The summed E-state index contributed by atoms with van der Waals surface area (Å²) in [5.41, 5.74) is 0.435. The second kappa shape index (κ2) is 10.2. The molecule has 1 fully saturated rings. The first kappa shape index (κ1) is 21.2. The summed E-state index contributed by atoms with van der Waals surface area (Å²) < 4.78 is 5.61. The van der Waals surface area contributed by atoms with Crippen LogP contribution in [0.2, 0.25) is 0 Å². The number of nitrogens with one attached hydrogen (secondary N) is 2. The molecular weight excluding hydrogens is 300 g/mol. The zero-order valence-corrected chi connectivity index (χ0v) is 16.9.